The van der Waals surface area contributed by atoms with Gasteiger partial charge in [0.05, 0.1) is 23.7 Å². The average Bonchev–Trinajstić information content (AvgIpc) is 3.55. The lowest BCUT2D eigenvalue weighted by Gasteiger charge is -2.32. The Hall–Kier alpha value is -4.22. The summed E-state index contributed by atoms with van der Waals surface area (Å²) < 4.78 is 50.5. The van der Waals surface area contributed by atoms with E-state index in [1.807, 2.05) is 6.07 Å². The lowest BCUT2D eigenvalue weighted by atomic mass is 10.0. The predicted molar refractivity (Wildman–Crippen MR) is 121 cm³/mol. The van der Waals surface area contributed by atoms with Gasteiger partial charge in [-0.3, -0.25) is 14.3 Å². The Morgan fingerprint density at radius 3 is 2.60 bits per heavy atom. The third kappa shape index (κ3) is 3.90. The summed E-state index contributed by atoms with van der Waals surface area (Å²) in [6, 6.07) is 10.6. The molecule has 4 heterocycles. The third-order valence-corrected chi connectivity index (χ3v) is 6.10. The van der Waals surface area contributed by atoms with Gasteiger partial charge in [0.15, 0.2) is 11.7 Å². The number of carbonyl (C=O) groups is 1. The fourth-order valence-electron chi connectivity index (χ4n) is 4.25. The summed E-state index contributed by atoms with van der Waals surface area (Å²) >= 11 is 0. The van der Waals surface area contributed by atoms with Crippen LogP contribution in [0.3, 0.4) is 0 Å². The monoisotopic (exact) mass is 486 g/mol. The summed E-state index contributed by atoms with van der Waals surface area (Å²) in [7, 11) is 1.67. The molecule has 0 saturated heterocycles. The van der Waals surface area contributed by atoms with Gasteiger partial charge >= 0.3 is 6.18 Å². The smallest absolute Gasteiger partial charge is 0.410 e. The van der Waals surface area contributed by atoms with Crippen molar-refractivity contribution >= 4 is 17.4 Å². The van der Waals surface area contributed by atoms with E-state index in [4.69, 9.17) is 4.42 Å². The number of para-hydroxylation sites is 1. The van der Waals surface area contributed by atoms with Crippen LogP contribution in [0.4, 0.5) is 24.7 Å². The van der Waals surface area contributed by atoms with E-state index in [1.165, 1.54) is 17.0 Å². The first-order valence-electron chi connectivity index (χ1n) is 10.8. The molecular formula is C23H21F3N6O3. The van der Waals surface area contributed by atoms with Crippen LogP contribution in [0, 0.1) is 6.92 Å². The highest BCUT2D eigenvalue weighted by atomic mass is 19.4. The number of rotatable bonds is 4. The molecule has 0 radical (unpaired) electrons. The number of nitrogens with zero attached hydrogens (tertiary/aromatic N) is 4. The number of aromatic nitrogens is 4. The minimum atomic E-state index is -4.60. The summed E-state index contributed by atoms with van der Waals surface area (Å²) in [5.74, 6) is -0.425. The van der Waals surface area contributed by atoms with Gasteiger partial charge in [-0.05, 0) is 31.2 Å². The predicted octanol–water partition coefficient (Wildman–Crippen LogP) is 4.19. The van der Waals surface area contributed by atoms with Gasteiger partial charge in [-0.25, -0.2) is 9.36 Å². The van der Waals surface area contributed by atoms with E-state index in [2.05, 4.69) is 15.7 Å². The number of benzene rings is 1. The number of nitrogens with one attached hydrogen (secondary N) is 2. The lowest BCUT2D eigenvalue weighted by molar-refractivity contribution is -0.174. The molecule has 0 unspecified atom stereocenters. The van der Waals surface area contributed by atoms with E-state index < -0.39 is 29.7 Å². The molecule has 3 aromatic heterocycles. The van der Waals surface area contributed by atoms with E-state index in [0.717, 1.165) is 4.68 Å². The molecule has 9 nitrogen and oxygen atoms in total. The van der Waals surface area contributed by atoms with E-state index in [-0.39, 0.29) is 23.6 Å². The summed E-state index contributed by atoms with van der Waals surface area (Å²) in [5, 5.41) is 9.42. The first kappa shape index (κ1) is 22.6. The van der Waals surface area contributed by atoms with Crippen LogP contribution in [0.2, 0.25) is 0 Å². The van der Waals surface area contributed by atoms with Crippen molar-refractivity contribution in [2.45, 2.75) is 31.6 Å². The molecule has 12 heteroatoms. The van der Waals surface area contributed by atoms with Crippen LogP contribution in [-0.4, -0.2) is 31.2 Å². The van der Waals surface area contributed by atoms with Crippen molar-refractivity contribution in [2.24, 2.45) is 7.05 Å². The third-order valence-electron chi connectivity index (χ3n) is 6.10. The molecule has 4 aromatic rings. The van der Waals surface area contributed by atoms with Crippen LogP contribution < -0.4 is 16.2 Å². The molecule has 0 saturated carbocycles. The van der Waals surface area contributed by atoms with Crippen LogP contribution >= 0.6 is 0 Å². The van der Waals surface area contributed by atoms with Gasteiger partial charge < -0.3 is 15.1 Å². The van der Waals surface area contributed by atoms with Crippen LogP contribution in [-0.2, 0) is 7.05 Å². The summed E-state index contributed by atoms with van der Waals surface area (Å²) in [6.07, 6.45) is -3.57. The Morgan fingerprint density at radius 1 is 1.20 bits per heavy atom. The molecule has 0 fully saturated rings. The number of amides is 1. The van der Waals surface area contributed by atoms with E-state index in [1.54, 1.807) is 55.1 Å². The topological polar surface area (TPSA) is 99.0 Å². The van der Waals surface area contributed by atoms with Gasteiger partial charge in [0.25, 0.3) is 11.5 Å². The maximum absolute atomic E-state index is 13.8. The second-order valence-electron chi connectivity index (χ2n) is 8.26. The minimum absolute atomic E-state index is 0.0149. The Morgan fingerprint density at radius 2 is 1.94 bits per heavy atom. The number of alkyl halides is 3. The highest BCUT2D eigenvalue weighted by molar-refractivity contribution is 6.03. The molecule has 1 aliphatic rings. The Kier molecular flexibility index (Phi) is 5.30. The van der Waals surface area contributed by atoms with Gasteiger partial charge in [-0.1, -0.05) is 18.2 Å². The van der Waals surface area contributed by atoms with Gasteiger partial charge in [0, 0.05) is 19.5 Å². The second-order valence-corrected chi connectivity index (χ2v) is 8.26. The molecule has 1 aliphatic heterocycles. The van der Waals surface area contributed by atoms with Crippen molar-refractivity contribution in [3.8, 4) is 5.69 Å². The normalized spacial score (nSPS) is 17.6. The van der Waals surface area contributed by atoms with Crippen molar-refractivity contribution in [3.05, 3.63) is 82.3 Å². The fourth-order valence-corrected chi connectivity index (χ4v) is 4.25. The van der Waals surface area contributed by atoms with Crippen LogP contribution in [0.15, 0.2) is 64.0 Å². The van der Waals surface area contributed by atoms with Crippen molar-refractivity contribution in [2.75, 3.05) is 10.6 Å². The quantitative estimate of drug-likeness (QED) is 0.451. The number of furan rings is 1. The van der Waals surface area contributed by atoms with Crippen LogP contribution in [0.5, 0.6) is 0 Å². The van der Waals surface area contributed by atoms with Gasteiger partial charge in [-0.15, -0.1) is 0 Å². The van der Waals surface area contributed by atoms with Crippen molar-refractivity contribution in [1.29, 1.82) is 0 Å². The summed E-state index contributed by atoms with van der Waals surface area (Å²) in [6.45, 7) is 1.66. The number of halogens is 3. The van der Waals surface area contributed by atoms with E-state index >= 15 is 0 Å². The second kappa shape index (κ2) is 8.22. The molecule has 182 valence electrons. The van der Waals surface area contributed by atoms with E-state index in [0.29, 0.717) is 17.1 Å². The maximum atomic E-state index is 13.8. The highest BCUT2D eigenvalue weighted by Crippen LogP contribution is 2.43. The zero-order chi connectivity index (χ0) is 24.9. The number of hydrogen-bond donors (Lipinski definition) is 2. The number of anilines is 2. The first-order chi connectivity index (χ1) is 16.6. The minimum Gasteiger partial charge on any atom is -0.467 e. The number of carbonyl (C=O) groups excluding carboxylic acids is 1. The molecule has 0 aliphatic carbocycles. The van der Waals surface area contributed by atoms with Crippen molar-refractivity contribution in [3.63, 3.8) is 0 Å². The highest BCUT2D eigenvalue weighted by Gasteiger charge is 2.47. The molecule has 35 heavy (non-hydrogen) atoms. The van der Waals surface area contributed by atoms with Crippen molar-refractivity contribution < 1.29 is 22.4 Å². The number of hydrogen-bond acceptors (Lipinski definition) is 5. The standard InChI is InChI=1S/C23H21F3N6O3/c1-13-20(22(34)32(30(13)2)14-7-4-3-5-8-14)28-21(33)16-12-19-27-15(17-9-6-10-35-17)11-18(23(24,25)26)31(19)29-16/h3-10,12,15,18,27H,11H2,1-2H3,(H,28,33)/t15-,18+/m1/s1. The number of fused-ring (bicyclic) bond motifs is 1. The lowest BCUT2D eigenvalue weighted by Crippen LogP contribution is -2.35. The van der Waals surface area contributed by atoms with Gasteiger partial charge in [0.2, 0.25) is 0 Å². The average molecular weight is 486 g/mol. The molecular weight excluding hydrogens is 465 g/mol. The van der Waals surface area contributed by atoms with Crippen molar-refractivity contribution in [1.82, 2.24) is 19.1 Å². The molecule has 2 N–H and O–H groups in total. The Bertz CT molecular complexity index is 1430. The molecule has 1 aromatic carbocycles. The zero-order valence-electron chi connectivity index (χ0n) is 18.7. The largest absolute Gasteiger partial charge is 0.467 e. The fraction of sp³-hybridized carbons (Fsp3) is 0.261. The molecule has 0 spiro atoms. The zero-order valence-corrected chi connectivity index (χ0v) is 18.7. The van der Waals surface area contributed by atoms with Gasteiger partial charge in [0.1, 0.15) is 17.3 Å². The van der Waals surface area contributed by atoms with Gasteiger partial charge in [-0.2, -0.15) is 18.3 Å². The SMILES string of the molecule is Cc1c(NC(=O)c2cc3n(n2)[C@H](C(F)(F)F)C[C@H](c2ccco2)N3)c(=O)n(-c2ccccc2)n1C. The molecule has 1 amide bonds. The Balaban J connectivity index is 1.47. The molecule has 2 atom stereocenters. The van der Waals surface area contributed by atoms with Crippen LogP contribution in [0.25, 0.3) is 5.69 Å². The van der Waals surface area contributed by atoms with Crippen LogP contribution in [0.1, 0.15) is 40.4 Å². The Labute approximate surface area is 196 Å². The first-order valence-corrected chi connectivity index (χ1v) is 10.8. The molecule has 5 rings (SSSR count). The summed E-state index contributed by atoms with van der Waals surface area (Å²) in [5.41, 5.74) is 0.358. The van der Waals surface area contributed by atoms with E-state index in [9.17, 15) is 22.8 Å². The molecule has 0 bridgehead atoms. The summed E-state index contributed by atoms with van der Waals surface area (Å²) in [4.78, 5) is 26.0. The maximum Gasteiger partial charge on any atom is 0.410 e.